The lowest BCUT2D eigenvalue weighted by Gasteiger charge is -2.25. The zero-order chi connectivity index (χ0) is 49.8. The second kappa shape index (κ2) is 35.0. The quantitative estimate of drug-likeness (QED) is 0.0275. The Labute approximate surface area is 394 Å². The normalized spacial score (nSPS) is 11.3. The molecule has 0 fully saturated rings. The van der Waals surface area contributed by atoms with Gasteiger partial charge in [-0.05, 0) is 69.0 Å². The molecule has 0 aliphatic heterocycles. The Balaban J connectivity index is 0.00000111. The van der Waals surface area contributed by atoms with Crippen molar-refractivity contribution in [2.24, 2.45) is 11.5 Å². The summed E-state index contributed by atoms with van der Waals surface area (Å²) in [5, 5.41) is 23.3. The lowest BCUT2D eigenvalue weighted by molar-refractivity contribution is -0.134. The van der Waals surface area contributed by atoms with E-state index in [-0.39, 0.29) is 38.1 Å². The van der Waals surface area contributed by atoms with E-state index in [1.165, 1.54) is 22.8 Å². The third-order valence-corrected chi connectivity index (χ3v) is 9.49. The van der Waals surface area contributed by atoms with Crippen molar-refractivity contribution in [3.63, 3.8) is 0 Å². The number of carbonyl (C=O) groups excluding carboxylic acids is 6. The SMILES string of the molecule is CC.CC.CNCCCC(NC(=O)C(Cc1ccccc1)NC(=O)C(Cc1cnc[nH]1)NC(=O)CCCc1ccccc1)C(=O)NCC(=O)NCC(N)=O.Cc1c[nH]c2ccccc12.N=CN. The largest absolute Gasteiger partial charge is 0.390 e. The van der Waals surface area contributed by atoms with Gasteiger partial charge in [-0.15, -0.1) is 0 Å². The zero-order valence-corrected chi connectivity index (χ0v) is 39.7. The first-order valence-electron chi connectivity index (χ1n) is 22.6. The average molecular weight is 925 g/mol. The van der Waals surface area contributed by atoms with Crippen LogP contribution in [0.4, 0.5) is 0 Å². The number of carbonyl (C=O) groups is 6. The van der Waals surface area contributed by atoms with Crippen LogP contribution in [0.15, 0.2) is 104 Å². The van der Waals surface area contributed by atoms with Crippen LogP contribution in [0.3, 0.4) is 0 Å². The summed E-state index contributed by atoms with van der Waals surface area (Å²) in [6, 6.07) is 24.0. The maximum Gasteiger partial charge on any atom is 0.243 e. The van der Waals surface area contributed by atoms with E-state index in [0.29, 0.717) is 31.5 Å². The first-order valence-corrected chi connectivity index (χ1v) is 22.6. The van der Waals surface area contributed by atoms with Crippen molar-refractivity contribution in [3.8, 4) is 0 Å². The first-order chi connectivity index (χ1) is 32.4. The van der Waals surface area contributed by atoms with Crippen LogP contribution >= 0.6 is 0 Å². The molecule has 18 heteroatoms. The molecule has 0 saturated heterocycles. The van der Waals surface area contributed by atoms with E-state index in [4.69, 9.17) is 11.1 Å². The summed E-state index contributed by atoms with van der Waals surface area (Å²) in [7, 11) is 1.75. The summed E-state index contributed by atoms with van der Waals surface area (Å²) in [6.45, 7) is 9.85. The number of aromatic amines is 2. The van der Waals surface area contributed by atoms with Crippen LogP contribution in [0.25, 0.3) is 10.9 Å². The minimum Gasteiger partial charge on any atom is -0.390 e. The molecule has 13 N–H and O–H groups in total. The van der Waals surface area contributed by atoms with Gasteiger partial charge in [0.1, 0.15) is 18.1 Å². The summed E-state index contributed by atoms with van der Waals surface area (Å²) in [5.41, 5.74) is 14.4. The van der Waals surface area contributed by atoms with Crippen molar-refractivity contribution in [1.29, 1.82) is 5.41 Å². The Morgan fingerprint density at radius 2 is 1.28 bits per heavy atom. The van der Waals surface area contributed by atoms with Gasteiger partial charge in [-0.1, -0.05) is 107 Å². The van der Waals surface area contributed by atoms with Gasteiger partial charge in [0.05, 0.1) is 25.8 Å². The fourth-order valence-corrected chi connectivity index (χ4v) is 6.30. The highest BCUT2D eigenvalue weighted by atomic mass is 16.2. The molecule has 0 spiro atoms. The molecular formula is C49H72N12O6. The van der Waals surface area contributed by atoms with Crippen LogP contribution in [0.5, 0.6) is 0 Å². The van der Waals surface area contributed by atoms with Crippen LogP contribution in [0, 0.1) is 12.3 Å². The lowest BCUT2D eigenvalue weighted by atomic mass is 10.0. The zero-order valence-electron chi connectivity index (χ0n) is 39.7. The number of imidazole rings is 1. The topological polar surface area (TPSA) is 295 Å². The van der Waals surface area contributed by atoms with Crippen molar-refractivity contribution in [2.45, 2.75) is 97.7 Å². The smallest absolute Gasteiger partial charge is 0.243 e. The number of benzene rings is 3. The van der Waals surface area contributed by atoms with Gasteiger partial charge < -0.3 is 53.3 Å². The average Bonchev–Trinajstić information content (AvgIpc) is 4.01. The monoisotopic (exact) mass is 925 g/mol. The minimum absolute atomic E-state index is 0.0978. The van der Waals surface area contributed by atoms with Crippen molar-refractivity contribution in [2.75, 3.05) is 26.7 Å². The first kappa shape index (κ1) is 57.7. The number of nitrogens with two attached hydrogens (primary N) is 2. The third-order valence-electron chi connectivity index (χ3n) is 9.49. The van der Waals surface area contributed by atoms with Crippen LogP contribution in [-0.2, 0) is 48.0 Å². The van der Waals surface area contributed by atoms with Crippen molar-refractivity contribution in [1.82, 2.24) is 46.9 Å². The number of nitrogens with one attached hydrogen (secondary N) is 9. The summed E-state index contributed by atoms with van der Waals surface area (Å²) in [5.74, 6) is -3.51. The van der Waals surface area contributed by atoms with E-state index >= 15 is 0 Å². The molecule has 364 valence electrons. The Hall–Kier alpha value is -7.34. The number of H-pyrrole nitrogens is 2. The Kier molecular flexibility index (Phi) is 30.1. The molecule has 0 bridgehead atoms. The number of para-hydroxylation sites is 1. The summed E-state index contributed by atoms with van der Waals surface area (Å²) < 4.78 is 0. The lowest BCUT2D eigenvalue weighted by Crippen LogP contribution is -2.58. The maximum absolute atomic E-state index is 13.8. The number of amides is 6. The molecule has 0 aliphatic rings. The molecule has 67 heavy (non-hydrogen) atoms. The van der Waals surface area contributed by atoms with E-state index in [9.17, 15) is 28.8 Å². The van der Waals surface area contributed by atoms with Gasteiger partial charge in [0.15, 0.2) is 0 Å². The fraction of sp³-hybridized carbons (Fsp3) is 0.388. The number of rotatable bonds is 22. The predicted molar refractivity (Wildman–Crippen MR) is 265 cm³/mol. The molecule has 5 rings (SSSR count). The van der Waals surface area contributed by atoms with E-state index in [2.05, 4.69) is 77.7 Å². The van der Waals surface area contributed by atoms with E-state index < -0.39 is 54.2 Å². The molecule has 2 aromatic heterocycles. The molecule has 2 heterocycles. The van der Waals surface area contributed by atoms with Crippen LogP contribution in [-0.4, -0.2) is 102 Å². The number of hydrogen-bond acceptors (Lipinski definition) is 9. The molecule has 0 radical (unpaired) electrons. The minimum atomic E-state index is -1.12. The van der Waals surface area contributed by atoms with Gasteiger partial charge in [0, 0.05) is 48.3 Å². The number of fused-ring (bicyclic) bond motifs is 1. The highest BCUT2D eigenvalue weighted by Gasteiger charge is 2.30. The van der Waals surface area contributed by atoms with E-state index in [1.807, 2.05) is 88.5 Å². The highest BCUT2D eigenvalue weighted by Crippen LogP contribution is 2.15. The number of aryl methyl sites for hydroxylation is 2. The molecule has 3 atom stereocenters. The van der Waals surface area contributed by atoms with Gasteiger partial charge in [-0.3, -0.25) is 34.2 Å². The van der Waals surface area contributed by atoms with Gasteiger partial charge in [-0.25, -0.2) is 4.98 Å². The number of hydrogen-bond donors (Lipinski definition) is 11. The molecule has 18 nitrogen and oxygen atoms in total. The van der Waals surface area contributed by atoms with Crippen molar-refractivity contribution in [3.05, 3.63) is 126 Å². The summed E-state index contributed by atoms with van der Waals surface area (Å²) >= 11 is 0. The number of nitrogens with zero attached hydrogens (tertiary/aromatic N) is 1. The molecule has 0 saturated carbocycles. The molecule has 3 unspecified atom stereocenters. The van der Waals surface area contributed by atoms with Crippen molar-refractivity contribution >= 4 is 52.7 Å². The standard InChI is InChI=1S/C35H47N9O6.C9H9N.2C2H6.CH4N2/c1-37-17-9-15-27(33(48)40-22-32(47)39-21-30(36)45)43-34(49)28(18-25-12-6-3-7-13-25)44-35(50)29(19-26-20-38-23-41-26)42-31(46)16-8-14-24-10-4-2-5-11-24;1-7-6-10-9-5-3-2-4-8(7)9;2*1-2;2-1-3/h2-7,10-13,20,23,27-29,37H,8-9,14-19,21-22H2,1H3,(H2,36,45)(H,38,41)(H,39,47)(H,40,48)(H,42,46)(H,43,49)(H,44,50);2-6,10H,1H3;2*1-2H3;1H,(H3,2,3). The molecule has 6 amide bonds. The molecular weight excluding hydrogens is 853 g/mol. The molecule has 5 aromatic rings. The maximum atomic E-state index is 13.8. The van der Waals surface area contributed by atoms with Gasteiger partial charge in [-0.2, -0.15) is 0 Å². The van der Waals surface area contributed by atoms with Crippen LogP contribution < -0.4 is 43.4 Å². The van der Waals surface area contributed by atoms with Gasteiger partial charge >= 0.3 is 0 Å². The van der Waals surface area contributed by atoms with E-state index in [1.54, 1.807) is 25.4 Å². The summed E-state index contributed by atoms with van der Waals surface area (Å²) in [4.78, 5) is 87.0. The van der Waals surface area contributed by atoms with Crippen LogP contribution in [0.2, 0.25) is 0 Å². The van der Waals surface area contributed by atoms with Gasteiger partial charge in [0.2, 0.25) is 35.4 Å². The number of primary amides is 1. The second-order valence-electron chi connectivity index (χ2n) is 14.4. The summed E-state index contributed by atoms with van der Waals surface area (Å²) in [6.07, 6.45) is 8.23. The Morgan fingerprint density at radius 1 is 0.701 bits per heavy atom. The van der Waals surface area contributed by atoms with E-state index in [0.717, 1.165) is 17.5 Å². The highest BCUT2D eigenvalue weighted by molar-refractivity contribution is 5.95. The van der Waals surface area contributed by atoms with Crippen LogP contribution in [0.1, 0.15) is 75.8 Å². The fourth-order valence-electron chi connectivity index (χ4n) is 6.30. The third kappa shape index (κ3) is 24.0. The Bertz CT molecular complexity index is 2160. The number of aromatic nitrogens is 3. The molecule has 0 aliphatic carbocycles. The Morgan fingerprint density at radius 3 is 1.87 bits per heavy atom. The molecule has 3 aromatic carbocycles. The van der Waals surface area contributed by atoms with Gasteiger partial charge in [0.25, 0.3) is 0 Å². The second-order valence-corrected chi connectivity index (χ2v) is 14.4. The van der Waals surface area contributed by atoms with Crippen molar-refractivity contribution < 1.29 is 28.8 Å². The predicted octanol–water partition coefficient (Wildman–Crippen LogP) is 3.47.